The number of likely N-dealkylation sites (tertiary alicyclic amines) is 2. The van der Waals surface area contributed by atoms with E-state index < -0.39 is 0 Å². The van der Waals surface area contributed by atoms with Gasteiger partial charge >= 0.3 is 0 Å². The van der Waals surface area contributed by atoms with E-state index in [1.807, 2.05) is 29.2 Å². The minimum atomic E-state index is 0.0544. The molecule has 5 rings (SSSR count). The van der Waals surface area contributed by atoms with Crippen molar-refractivity contribution in [3.63, 3.8) is 0 Å². The Morgan fingerprint density at radius 2 is 1.86 bits per heavy atom. The zero-order valence-corrected chi connectivity index (χ0v) is 22.0. The predicted molar refractivity (Wildman–Crippen MR) is 141 cm³/mol. The van der Waals surface area contributed by atoms with E-state index in [0.29, 0.717) is 33.1 Å². The third kappa shape index (κ3) is 5.32. The molecule has 1 amide bonds. The molecule has 2 saturated heterocycles. The van der Waals surface area contributed by atoms with Crippen LogP contribution in [0.25, 0.3) is 10.9 Å². The quantitative estimate of drug-likeness (QED) is 0.379. The minimum Gasteiger partial charge on any atom is -0.380 e. The fraction of sp³-hybridized carbons (Fsp3) is 0.429. The molecule has 2 aliphatic rings. The highest BCUT2D eigenvalue weighted by atomic mass is 35.5. The van der Waals surface area contributed by atoms with Crippen molar-refractivity contribution in [2.24, 2.45) is 5.92 Å². The standard InChI is InChI=1S/C28H32Cl2N3O3/c1-36-27-18-32(12-8-21(27)15-19-4-6-24(29)25(30)16-19)23-9-13-31(14-10-23)28(34)22-5-7-26-20(17-22)3-2-11-33(26)35/h2-7,11,16-17,21,23,27,35H,8-10,12-15,18H2,1H3/q+1/t21?,27-/m1/s1. The first-order valence-electron chi connectivity index (χ1n) is 12.6. The number of methoxy groups -OCH3 is 1. The highest BCUT2D eigenvalue weighted by Crippen LogP contribution is 2.30. The number of piperidine rings is 2. The molecular weight excluding hydrogens is 497 g/mol. The van der Waals surface area contributed by atoms with Crippen LogP contribution >= 0.6 is 23.2 Å². The molecular formula is C28H32Cl2N3O3+. The van der Waals surface area contributed by atoms with Crippen molar-refractivity contribution in [1.82, 2.24) is 9.80 Å². The molecule has 8 heteroatoms. The average molecular weight is 529 g/mol. The van der Waals surface area contributed by atoms with Crippen molar-refractivity contribution >= 4 is 40.0 Å². The summed E-state index contributed by atoms with van der Waals surface area (Å²) < 4.78 is 7.01. The lowest BCUT2D eigenvalue weighted by Crippen LogP contribution is -2.53. The van der Waals surface area contributed by atoms with E-state index in [1.54, 1.807) is 31.5 Å². The van der Waals surface area contributed by atoms with Gasteiger partial charge in [0.2, 0.25) is 6.20 Å². The Labute approximate surface area is 221 Å². The summed E-state index contributed by atoms with van der Waals surface area (Å²) in [5.41, 5.74) is 2.54. The molecule has 36 heavy (non-hydrogen) atoms. The number of amides is 1. The molecule has 0 spiro atoms. The topological polar surface area (TPSA) is 56.9 Å². The Bertz CT molecular complexity index is 1250. The van der Waals surface area contributed by atoms with Crippen LogP contribution in [-0.4, -0.2) is 66.3 Å². The van der Waals surface area contributed by atoms with Gasteiger partial charge in [-0.25, -0.2) is 0 Å². The SMILES string of the molecule is CO[C@@H]1CN(C2CCN(C(=O)c3ccc4c(ccc[n+]4O)c3)CC2)CCC1Cc1ccc(Cl)c(Cl)c1. The van der Waals surface area contributed by atoms with Crippen molar-refractivity contribution in [1.29, 1.82) is 0 Å². The molecule has 3 aromatic rings. The first-order valence-corrected chi connectivity index (χ1v) is 13.3. The Balaban J connectivity index is 1.17. The maximum Gasteiger partial charge on any atom is 0.264 e. The van der Waals surface area contributed by atoms with Crippen molar-refractivity contribution in [3.8, 4) is 0 Å². The van der Waals surface area contributed by atoms with Crippen molar-refractivity contribution in [2.75, 3.05) is 33.3 Å². The average Bonchev–Trinajstić information content (AvgIpc) is 2.90. The fourth-order valence-electron chi connectivity index (χ4n) is 5.75. The molecule has 1 aromatic heterocycles. The van der Waals surface area contributed by atoms with Crippen LogP contribution in [0.2, 0.25) is 10.0 Å². The number of carbonyl (C=O) groups excluding carboxylic acids is 1. The smallest absolute Gasteiger partial charge is 0.264 e. The number of ether oxygens (including phenoxy) is 1. The van der Waals surface area contributed by atoms with Gasteiger partial charge in [0, 0.05) is 55.2 Å². The lowest BCUT2D eigenvalue weighted by Gasteiger charge is -2.44. The summed E-state index contributed by atoms with van der Waals surface area (Å²) in [5.74, 6) is 0.495. The van der Waals surface area contributed by atoms with E-state index in [9.17, 15) is 10.0 Å². The van der Waals surface area contributed by atoms with Gasteiger partial charge < -0.3 is 9.64 Å². The summed E-state index contributed by atoms with van der Waals surface area (Å²) in [6.45, 7) is 3.44. The summed E-state index contributed by atoms with van der Waals surface area (Å²) in [7, 11) is 1.80. The van der Waals surface area contributed by atoms with Gasteiger partial charge in [0.15, 0.2) is 0 Å². The Hall–Kier alpha value is -2.38. The van der Waals surface area contributed by atoms with Gasteiger partial charge in [0.05, 0.1) is 21.5 Å². The molecule has 0 radical (unpaired) electrons. The second-order valence-corrected chi connectivity index (χ2v) is 10.7. The van der Waals surface area contributed by atoms with Crippen molar-refractivity contribution in [3.05, 3.63) is 75.9 Å². The van der Waals surface area contributed by atoms with E-state index >= 15 is 0 Å². The number of pyridine rings is 1. The molecule has 6 nitrogen and oxygen atoms in total. The number of aromatic nitrogens is 1. The number of hydrogen-bond donors (Lipinski definition) is 1. The third-order valence-electron chi connectivity index (χ3n) is 7.80. The Kier molecular flexibility index (Phi) is 7.68. The Morgan fingerprint density at radius 3 is 2.61 bits per heavy atom. The molecule has 2 fully saturated rings. The number of fused-ring (bicyclic) bond motifs is 1. The normalized spacial score (nSPS) is 21.7. The van der Waals surface area contributed by atoms with Gasteiger partial charge in [-0.2, -0.15) is 0 Å². The number of nitrogens with zero attached hydrogens (tertiary/aromatic N) is 3. The van der Waals surface area contributed by atoms with Gasteiger partial charge in [-0.15, -0.1) is 0 Å². The van der Waals surface area contributed by atoms with Gasteiger partial charge in [-0.1, -0.05) is 29.3 Å². The summed E-state index contributed by atoms with van der Waals surface area (Å²) in [6, 6.07) is 15.5. The molecule has 2 atom stereocenters. The van der Waals surface area contributed by atoms with Crippen LogP contribution in [0.5, 0.6) is 0 Å². The molecule has 190 valence electrons. The number of hydrogen-bond acceptors (Lipinski definition) is 4. The molecule has 2 aliphatic heterocycles. The van der Waals surface area contributed by atoms with E-state index in [2.05, 4.69) is 11.0 Å². The zero-order valence-electron chi connectivity index (χ0n) is 20.4. The highest BCUT2D eigenvalue weighted by Gasteiger charge is 2.35. The number of halogens is 2. The van der Waals surface area contributed by atoms with Crippen LogP contribution in [0.1, 0.15) is 35.2 Å². The minimum absolute atomic E-state index is 0.0544. The summed E-state index contributed by atoms with van der Waals surface area (Å²) in [6.07, 6.45) is 5.67. The lowest BCUT2D eigenvalue weighted by atomic mass is 9.86. The second-order valence-electron chi connectivity index (χ2n) is 9.92. The van der Waals surface area contributed by atoms with Crippen LogP contribution in [0.15, 0.2) is 54.7 Å². The first-order chi connectivity index (χ1) is 17.4. The summed E-state index contributed by atoms with van der Waals surface area (Å²) >= 11 is 12.3. The molecule has 1 N–H and O–H groups in total. The van der Waals surface area contributed by atoms with E-state index in [4.69, 9.17) is 27.9 Å². The lowest BCUT2D eigenvalue weighted by molar-refractivity contribution is -0.884. The number of carbonyl (C=O) groups is 1. The van der Waals surface area contributed by atoms with Gasteiger partial charge in [0.1, 0.15) is 0 Å². The van der Waals surface area contributed by atoms with Crippen LogP contribution in [0, 0.1) is 5.92 Å². The van der Waals surface area contributed by atoms with Gasteiger partial charge in [-0.05, 0) is 74.0 Å². The monoisotopic (exact) mass is 528 g/mol. The summed E-state index contributed by atoms with van der Waals surface area (Å²) in [4.78, 5) is 17.7. The van der Waals surface area contributed by atoms with Crippen LogP contribution in [0.3, 0.4) is 0 Å². The third-order valence-corrected chi connectivity index (χ3v) is 8.54. The molecule has 0 saturated carbocycles. The van der Waals surface area contributed by atoms with Crippen LogP contribution in [-0.2, 0) is 11.2 Å². The van der Waals surface area contributed by atoms with E-state index in [-0.39, 0.29) is 12.0 Å². The molecule has 1 unspecified atom stereocenters. The predicted octanol–water partition coefficient (Wildman–Crippen LogP) is 4.86. The fourth-order valence-corrected chi connectivity index (χ4v) is 6.07. The van der Waals surface area contributed by atoms with Gasteiger partial charge in [-0.3, -0.25) is 14.9 Å². The maximum absolute atomic E-state index is 13.2. The van der Waals surface area contributed by atoms with Crippen LogP contribution < -0.4 is 4.73 Å². The first kappa shape index (κ1) is 25.3. The largest absolute Gasteiger partial charge is 0.380 e. The molecule has 2 aromatic carbocycles. The molecule has 0 bridgehead atoms. The van der Waals surface area contributed by atoms with Crippen LogP contribution in [0.4, 0.5) is 0 Å². The maximum atomic E-state index is 13.2. The number of benzene rings is 2. The zero-order chi connectivity index (χ0) is 25.2. The van der Waals surface area contributed by atoms with Crippen molar-refractivity contribution in [2.45, 2.75) is 37.8 Å². The summed E-state index contributed by atoms with van der Waals surface area (Å²) in [5, 5.41) is 12.0. The number of rotatable bonds is 5. The molecule has 3 heterocycles. The molecule has 0 aliphatic carbocycles. The highest BCUT2D eigenvalue weighted by molar-refractivity contribution is 6.42. The second kappa shape index (κ2) is 10.9. The van der Waals surface area contributed by atoms with Crippen molar-refractivity contribution < 1.29 is 19.5 Å². The van der Waals surface area contributed by atoms with E-state index in [1.165, 1.54) is 5.56 Å². The van der Waals surface area contributed by atoms with E-state index in [0.717, 1.165) is 62.0 Å². The Morgan fingerprint density at radius 1 is 1.06 bits per heavy atom. The van der Waals surface area contributed by atoms with Gasteiger partial charge in [0.25, 0.3) is 11.4 Å².